The summed E-state index contributed by atoms with van der Waals surface area (Å²) in [5.41, 5.74) is -0.0260. The third kappa shape index (κ3) is 4.66. The molecule has 0 bridgehead atoms. The van der Waals surface area contributed by atoms with Crippen LogP contribution in [0.2, 0.25) is 0 Å². The summed E-state index contributed by atoms with van der Waals surface area (Å²) in [6.45, 7) is 4.23. The molecule has 0 atom stereocenters. The van der Waals surface area contributed by atoms with Gasteiger partial charge in [-0.2, -0.15) is 0 Å². The summed E-state index contributed by atoms with van der Waals surface area (Å²) < 4.78 is 20.9. The van der Waals surface area contributed by atoms with E-state index in [0.29, 0.717) is 11.5 Å². The first-order valence-corrected chi connectivity index (χ1v) is 8.26. The van der Waals surface area contributed by atoms with Gasteiger partial charge in [0.15, 0.2) is 23.9 Å². The van der Waals surface area contributed by atoms with Crippen molar-refractivity contribution >= 4 is 23.5 Å². The van der Waals surface area contributed by atoms with Crippen molar-refractivity contribution in [3.05, 3.63) is 41.2 Å². The standard InChI is InChI=1S/C19H21NO7/c1-5-25-19(23)17-16(11(2)21)12(3)27-18(17)20-15(22)10-26-14-9-7-6-8-13(14)24-4/h6-9H,5,10H2,1-4H3,(H,20,22). The normalized spacial score (nSPS) is 10.2. The number of hydrogen-bond donors (Lipinski definition) is 1. The number of para-hydroxylation sites is 2. The van der Waals surface area contributed by atoms with E-state index in [2.05, 4.69) is 5.32 Å². The highest BCUT2D eigenvalue weighted by Gasteiger charge is 2.28. The fourth-order valence-corrected chi connectivity index (χ4v) is 2.50. The molecule has 0 aliphatic rings. The number of amides is 1. The zero-order chi connectivity index (χ0) is 20.0. The number of aryl methyl sites for hydroxylation is 1. The lowest BCUT2D eigenvalue weighted by Crippen LogP contribution is -2.22. The number of carbonyl (C=O) groups excluding carboxylic acids is 3. The predicted octanol–water partition coefficient (Wildman–Crippen LogP) is 2.99. The van der Waals surface area contributed by atoms with E-state index in [-0.39, 0.29) is 41.8 Å². The van der Waals surface area contributed by atoms with Crippen molar-refractivity contribution in [1.29, 1.82) is 0 Å². The Morgan fingerprint density at radius 2 is 1.78 bits per heavy atom. The van der Waals surface area contributed by atoms with E-state index >= 15 is 0 Å². The Morgan fingerprint density at radius 1 is 1.11 bits per heavy atom. The first-order valence-electron chi connectivity index (χ1n) is 8.26. The number of esters is 1. The maximum atomic E-state index is 12.2. The number of Topliss-reactive ketones (excluding diaryl/α,β-unsaturated/α-hetero) is 1. The van der Waals surface area contributed by atoms with E-state index in [1.807, 2.05) is 0 Å². The minimum atomic E-state index is -0.750. The summed E-state index contributed by atoms with van der Waals surface area (Å²) in [7, 11) is 1.49. The molecule has 2 rings (SSSR count). The van der Waals surface area contributed by atoms with Crippen molar-refractivity contribution in [1.82, 2.24) is 0 Å². The van der Waals surface area contributed by atoms with Crippen LogP contribution < -0.4 is 14.8 Å². The van der Waals surface area contributed by atoms with Crippen LogP contribution in [0.4, 0.5) is 5.88 Å². The van der Waals surface area contributed by atoms with Gasteiger partial charge < -0.3 is 18.6 Å². The van der Waals surface area contributed by atoms with Crippen molar-refractivity contribution in [3.8, 4) is 11.5 Å². The molecule has 0 saturated carbocycles. The van der Waals surface area contributed by atoms with Crippen LogP contribution in [0, 0.1) is 6.92 Å². The van der Waals surface area contributed by atoms with E-state index < -0.39 is 11.9 Å². The van der Waals surface area contributed by atoms with Gasteiger partial charge in [-0.05, 0) is 32.9 Å². The van der Waals surface area contributed by atoms with Crippen LogP contribution >= 0.6 is 0 Å². The molecule has 1 amide bonds. The lowest BCUT2D eigenvalue weighted by atomic mass is 10.1. The average molecular weight is 375 g/mol. The molecule has 0 unspecified atom stereocenters. The lowest BCUT2D eigenvalue weighted by Gasteiger charge is -2.10. The molecule has 8 nitrogen and oxygen atoms in total. The number of rotatable bonds is 8. The van der Waals surface area contributed by atoms with Gasteiger partial charge in [0.05, 0.1) is 19.3 Å². The number of hydrogen-bond acceptors (Lipinski definition) is 7. The van der Waals surface area contributed by atoms with Crippen LogP contribution in [0.25, 0.3) is 0 Å². The SMILES string of the molecule is CCOC(=O)c1c(NC(=O)COc2ccccc2OC)oc(C)c1C(C)=O. The molecular weight excluding hydrogens is 354 g/mol. The molecule has 1 aromatic heterocycles. The smallest absolute Gasteiger partial charge is 0.344 e. The van der Waals surface area contributed by atoms with Crippen LogP contribution in [0.1, 0.15) is 40.3 Å². The zero-order valence-electron chi connectivity index (χ0n) is 15.6. The lowest BCUT2D eigenvalue weighted by molar-refractivity contribution is -0.118. The van der Waals surface area contributed by atoms with Crippen molar-refractivity contribution in [2.45, 2.75) is 20.8 Å². The molecule has 2 aromatic rings. The molecule has 0 saturated heterocycles. The minimum Gasteiger partial charge on any atom is -0.493 e. The van der Waals surface area contributed by atoms with Gasteiger partial charge in [0.1, 0.15) is 11.3 Å². The van der Waals surface area contributed by atoms with Gasteiger partial charge in [0.25, 0.3) is 5.91 Å². The fourth-order valence-electron chi connectivity index (χ4n) is 2.50. The number of ketones is 1. The first kappa shape index (κ1) is 20.0. The highest BCUT2D eigenvalue weighted by Crippen LogP contribution is 2.29. The quantitative estimate of drug-likeness (QED) is 0.559. The number of nitrogens with one attached hydrogen (secondary N) is 1. The van der Waals surface area contributed by atoms with E-state index in [4.69, 9.17) is 18.6 Å². The Labute approximate surface area is 156 Å². The predicted molar refractivity (Wildman–Crippen MR) is 96.5 cm³/mol. The van der Waals surface area contributed by atoms with E-state index in [9.17, 15) is 14.4 Å². The molecule has 0 spiro atoms. The number of methoxy groups -OCH3 is 1. The summed E-state index contributed by atoms with van der Waals surface area (Å²) >= 11 is 0. The molecule has 0 fully saturated rings. The van der Waals surface area contributed by atoms with Gasteiger partial charge in [-0.15, -0.1) is 0 Å². The van der Waals surface area contributed by atoms with Gasteiger partial charge in [-0.25, -0.2) is 4.79 Å². The Morgan fingerprint density at radius 3 is 2.37 bits per heavy atom. The summed E-state index contributed by atoms with van der Waals surface area (Å²) in [4.78, 5) is 36.3. The maximum Gasteiger partial charge on any atom is 0.344 e. The Kier molecular flexibility index (Phi) is 6.59. The Hall–Kier alpha value is -3.29. The summed E-state index contributed by atoms with van der Waals surface area (Å²) in [5.74, 6) is -0.761. The highest BCUT2D eigenvalue weighted by molar-refractivity contribution is 6.10. The van der Waals surface area contributed by atoms with Gasteiger partial charge in [-0.3, -0.25) is 14.9 Å². The van der Waals surface area contributed by atoms with Gasteiger partial charge in [0.2, 0.25) is 5.88 Å². The zero-order valence-corrected chi connectivity index (χ0v) is 15.6. The van der Waals surface area contributed by atoms with Crippen molar-refractivity contribution < 1.29 is 33.0 Å². The summed E-state index contributed by atoms with van der Waals surface area (Å²) in [5, 5.41) is 2.45. The van der Waals surface area contributed by atoms with Crippen LogP contribution in [-0.2, 0) is 9.53 Å². The van der Waals surface area contributed by atoms with E-state index in [1.165, 1.54) is 21.0 Å². The molecular formula is C19H21NO7. The van der Waals surface area contributed by atoms with Crippen LogP contribution in [0.3, 0.4) is 0 Å². The van der Waals surface area contributed by atoms with Gasteiger partial charge >= 0.3 is 5.97 Å². The molecule has 1 N–H and O–H groups in total. The topological polar surface area (TPSA) is 104 Å². The molecule has 8 heteroatoms. The molecule has 27 heavy (non-hydrogen) atoms. The average Bonchev–Trinajstić information content (AvgIpc) is 2.96. The fraction of sp³-hybridized carbons (Fsp3) is 0.316. The third-order valence-electron chi connectivity index (χ3n) is 3.60. The van der Waals surface area contributed by atoms with Gasteiger partial charge in [0, 0.05) is 0 Å². The summed E-state index contributed by atoms with van der Waals surface area (Å²) in [6, 6.07) is 6.86. The van der Waals surface area contributed by atoms with E-state index in [1.54, 1.807) is 31.2 Å². The molecule has 1 aromatic carbocycles. The van der Waals surface area contributed by atoms with Gasteiger partial charge in [-0.1, -0.05) is 12.1 Å². The highest BCUT2D eigenvalue weighted by atomic mass is 16.5. The van der Waals surface area contributed by atoms with Crippen molar-refractivity contribution in [2.75, 3.05) is 25.6 Å². The minimum absolute atomic E-state index is 0.0781. The first-order chi connectivity index (χ1) is 12.9. The number of benzene rings is 1. The molecule has 0 aliphatic carbocycles. The molecule has 1 heterocycles. The number of furan rings is 1. The number of anilines is 1. The number of ether oxygens (including phenoxy) is 3. The second-order valence-electron chi connectivity index (χ2n) is 5.50. The monoisotopic (exact) mass is 375 g/mol. The summed E-state index contributed by atoms with van der Waals surface area (Å²) in [6.07, 6.45) is 0. The van der Waals surface area contributed by atoms with Crippen molar-refractivity contribution in [3.63, 3.8) is 0 Å². The number of carbonyl (C=O) groups is 3. The maximum absolute atomic E-state index is 12.2. The second kappa shape index (κ2) is 8.88. The van der Waals surface area contributed by atoms with E-state index in [0.717, 1.165) is 0 Å². The van der Waals surface area contributed by atoms with Crippen LogP contribution in [-0.4, -0.2) is 38.0 Å². The third-order valence-corrected chi connectivity index (χ3v) is 3.60. The second-order valence-corrected chi connectivity index (χ2v) is 5.50. The largest absolute Gasteiger partial charge is 0.493 e. The Balaban J connectivity index is 2.18. The Bertz CT molecular complexity index is 854. The van der Waals surface area contributed by atoms with Crippen LogP contribution in [0.5, 0.6) is 11.5 Å². The molecule has 0 aliphatic heterocycles. The van der Waals surface area contributed by atoms with Crippen LogP contribution in [0.15, 0.2) is 28.7 Å². The van der Waals surface area contributed by atoms with Crippen molar-refractivity contribution in [2.24, 2.45) is 0 Å². The molecule has 144 valence electrons. The molecule has 0 radical (unpaired) electrons.